The van der Waals surface area contributed by atoms with Crippen LogP contribution in [0, 0.1) is 0 Å². The molecular weight excluding hydrogens is 455 g/mol. The zero-order valence-corrected chi connectivity index (χ0v) is 21.9. The van der Waals surface area contributed by atoms with Gasteiger partial charge >= 0.3 is 0 Å². The molecule has 0 saturated carbocycles. The lowest BCUT2D eigenvalue weighted by atomic mass is 9.36. The van der Waals surface area contributed by atoms with E-state index in [1.54, 1.807) is 0 Å². The Balaban J connectivity index is 1.53. The van der Waals surface area contributed by atoms with Gasteiger partial charge in [0.05, 0.1) is 5.41 Å². The van der Waals surface area contributed by atoms with E-state index >= 15 is 0 Å². The molecule has 0 aliphatic heterocycles. The summed E-state index contributed by atoms with van der Waals surface area (Å²) in [7, 11) is 0. The highest BCUT2D eigenvalue weighted by Gasteiger charge is 2.51. The molecule has 2 aliphatic rings. The molecule has 0 saturated heterocycles. The molecule has 0 atom stereocenters. The quantitative estimate of drug-likeness (QED) is 0.177. The van der Waals surface area contributed by atoms with Crippen LogP contribution in [0.3, 0.4) is 0 Å². The molecular formula is C37H29B. The molecule has 0 unspecified atom stereocenters. The van der Waals surface area contributed by atoms with E-state index in [1.807, 2.05) is 0 Å². The van der Waals surface area contributed by atoms with Gasteiger partial charge in [-0.25, -0.2) is 0 Å². The third-order valence-corrected chi connectivity index (χ3v) is 8.51. The molecule has 38 heavy (non-hydrogen) atoms. The maximum absolute atomic E-state index is 2.47. The van der Waals surface area contributed by atoms with Crippen molar-refractivity contribution in [2.45, 2.75) is 19.3 Å². The van der Waals surface area contributed by atoms with Gasteiger partial charge in [0.2, 0.25) is 6.71 Å². The Bertz CT molecular complexity index is 1690. The number of hydrogen-bond acceptors (Lipinski definition) is 0. The van der Waals surface area contributed by atoms with Crippen LogP contribution in [0.25, 0.3) is 22.3 Å². The van der Waals surface area contributed by atoms with E-state index in [4.69, 9.17) is 0 Å². The second-order valence-electron chi connectivity index (χ2n) is 10.3. The molecule has 0 heterocycles. The van der Waals surface area contributed by atoms with Crippen molar-refractivity contribution in [3.8, 4) is 22.3 Å². The number of hydrogen-bond donors (Lipinski definition) is 0. The number of fused-ring (bicyclic) bond motifs is 10. The second kappa shape index (κ2) is 8.89. The van der Waals surface area contributed by atoms with Gasteiger partial charge in [-0.2, -0.15) is 0 Å². The number of allylic oxidation sites excluding steroid dienone is 4. The highest BCUT2D eigenvalue weighted by atomic mass is 14.5. The van der Waals surface area contributed by atoms with Crippen LogP contribution in [-0.2, 0) is 5.41 Å². The van der Waals surface area contributed by atoms with Crippen molar-refractivity contribution in [1.29, 1.82) is 0 Å². The third kappa shape index (κ3) is 3.05. The molecule has 5 aromatic rings. The minimum Gasteiger partial charge on any atom is -0.0924 e. The van der Waals surface area contributed by atoms with Gasteiger partial charge in [0.25, 0.3) is 0 Å². The predicted octanol–water partition coefficient (Wildman–Crippen LogP) is 7.70. The van der Waals surface area contributed by atoms with E-state index in [9.17, 15) is 0 Å². The Hall–Kier alpha value is -4.36. The van der Waals surface area contributed by atoms with E-state index in [0.717, 1.165) is 0 Å². The summed E-state index contributed by atoms with van der Waals surface area (Å²) >= 11 is 0. The minimum atomic E-state index is -0.285. The Morgan fingerprint density at radius 2 is 1.03 bits per heavy atom. The summed E-state index contributed by atoms with van der Waals surface area (Å²) in [6.45, 7) is 4.42. The minimum absolute atomic E-state index is 0.176. The first-order chi connectivity index (χ1) is 18.8. The molecule has 1 heteroatoms. The van der Waals surface area contributed by atoms with Crippen LogP contribution in [0.15, 0.2) is 145 Å². The van der Waals surface area contributed by atoms with Crippen LogP contribution in [-0.4, -0.2) is 6.71 Å². The highest BCUT2D eigenvalue weighted by Crippen LogP contribution is 2.62. The molecule has 0 N–H and O–H groups in total. The lowest BCUT2D eigenvalue weighted by Crippen LogP contribution is -2.44. The van der Waals surface area contributed by atoms with Gasteiger partial charge in [-0.15, -0.1) is 0 Å². The summed E-state index contributed by atoms with van der Waals surface area (Å²) in [6.07, 6.45) is 6.66. The van der Waals surface area contributed by atoms with Crippen molar-refractivity contribution >= 4 is 17.6 Å². The zero-order valence-electron chi connectivity index (χ0n) is 21.9. The highest BCUT2D eigenvalue weighted by molar-refractivity contribution is 6.91. The second-order valence-corrected chi connectivity index (χ2v) is 10.3. The lowest BCUT2D eigenvalue weighted by molar-refractivity contribution is 0.794. The summed E-state index contributed by atoms with van der Waals surface area (Å²) in [4.78, 5) is 0. The smallest absolute Gasteiger partial charge is 0.0924 e. The number of benzene rings is 5. The molecule has 0 bridgehead atoms. The molecule has 2 aliphatic carbocycles. The fourth-order valence-electron chi connectivity index (χ4n) is 7.07. The monoisotopic (exact) mass is 484 g/mol. The summed E-state index contributed by atoms with van der Waals surface area (Å²) < 4.78 is 0. The first-order valence-corrected chi connectivity index (χ1v) is 13.6. The van der Waals surface area contributed by atoms with E-state index < -0.39 is 0 Å². The van der Waals surface area contributed by atoms with E-state index in [-0.39, 0.29) is 12.1 Å². The van der Waals surface area contributed by atoms with Gasteiger partial charge in [0, 0.05) is 0 Å². The predicted molar refractivity (Wildman–Crippen MR) is 163 cm³/mol. The van der Waals surface area contributed by atoms with E-state index in [1.165, 1.54) is 60.9 Å². The van der Waals surface area contributed by atoms with Crippen molar-refractivity contribution in [2.24, 2.45) is 0 Å². The average molecular weight is 484 g/mol. The van der Waals surface area contributed by atoms with Gasteiger partial charge in [0.1, 0.15) is 0 Å². The molecule has 0 amide bonds. The summed E-state index contributed by atoms with van der Waals surface area (Å²) in [6, 6.07) is 45.2. The zero-order chi connectivity index (χ0) is 25.7. The number of rotatable bonds is 4. The van der Waals surface area contributed by atoms with Crippen LogP contribution in [0.2, 0.25) is 0 Å². The molecule has 5 aromatic carbocycles. The molecule has 0 fully saturated rings. The van der Waals surface area contributed by atoms with Crippen LogP contribution in [0.1, 0.15) is 36.1 Å². The SMILES string of the molecule is C/C=C\C(=C/C)B(c1ccccc1)c1ccc2c(c1)-c1ccccc1C21c2ccccc2-c2ccccc21. The third-order valence-electron chi connectivity index (χ3n) is 8.51. The Labute approximate surface area is 226 Å². The van der Waals surface area contributed by atoms with Gasteiger partial charge in [0.15, 0.2) is 0 Å². The molecule has 1 spiro atoms. The van der Waals surface area contributed by atoms with Crippen molar-refractivity contribution in [3.05, 3.63) is 167 Å². The van der Waals surface area contributed by atoms with Gasteiger partial charge in [-0.05, 0) is 58.4 Å². The van der Waals surface area contributed by atoms with Crippen molar-refractivity contribution in [1.82, 2.24) is 0 Å². The summed E-state index contributed by atoms with van der Waals surface area (Å²) in [5, 5.41) is 0. The fourth-order valence-corrected chi connectivity index (χ4v) is 7.07. The molecule has 0 nitrogen and oxygen atoms in total. The van der Waals surface area contributed by atoms with Crippen molar-refractivity contribution in [3.63, 3.8) is 0 Å². The van der Waals surface area contributed by atoms with Crippen LogP contribution in [0.5, 0.6) is 0 Å². The fraction of sp³-hybridized carbons (Fsp3) is 0.0811. The average Bonchev–Trinajstić information content (AvgIpc) is 3.45. The molecule has 7 rings (SSSR count). The van der Waals surface area contributed by atoms with Gasteiger partial charge in [-0.3, -0.25) is 0 Å². The Morgan fingerprint density at radius 3 is 1.58 bits per heavy atom. The Kier molecular flexibility index (Phi) is 5.34. The van der Waals surface area contributed by atoms with Crippen molar-refractivity contribution in [2.75, 3.05) is 0 Å². The standard InChI is InChI=1S/C37H29B/c1-3-14-26(4-2)38(27-15-6-5-7-16-27)28-23-24-36-32(25-28)31-19-10-13-22-35(31)37(36)33-20-11-8-17-29(33)30-18-9-12-21-34(30)37/h3-25H,1-2H3/b14-3-,26-4+. The first-order valence-electron chi connectivity index (χ1n) is 13.6. The molecule has 0 aromatic heterocycles. The maximum atomic E-state index is 2.47. The molecule has 0 radical (unpaired) electrons. The largest absolute Gasteiger partial charge is 0.240 e. The van der Waals surface area contributed by atoms with Crippen LogP contribution in [0.4, 0.5) is 0 Å². The van der Waals surface area contributed by atoms with E-state index in [0.29, 0.717) is 0 Å². The first kappa shape index (κ1) is 22.8. The lowest BCUT2D eigenvalue weighted by Gasteiger charge is -2.30. The van der Waals surface area contributed by atoms with Gasteiger partial charge in [-0.1, -0.05) is 156 Å². The molecule has 180 valence electrons. The Morgan fingerprint density at radius 1 is 0.526 bits per heavy atom. The van der Waals surface area contributed by atoms with Gasteiger partial charge < -0.3 is 0 Å². The van der Waals surface area contributed by atoms with Crippen molar-refractivity contribution < 1.29 is 0 Å². The maximum Gasteiger partial charge on any atom is 0.240 e. The normalized spacial score (nSPS) is 14.3. The van der Waals surface area contributed by atoms with E-state index in [2.05, 4.69) is 153 Å². The van der Waals surface area contributed by atoms with Crippen LogP contribution < -0.4 is 10.9 Å². The summed E-state index contributed by atoms with van der Waals surface area (Å²) in [5.74, 6) is 0. The summed E-state index contributed by atoms with van der Waals surface area (Å²) in [5.41, 5.74) is 14.6. The topological polar surface area (TPSA) is 0 Å². The van der Waals surface area contributed by atoms with Crippen LogP contribution >= 0.6 is 0 Å².